The highest BCUT2D eigenvalue weighted by molar-refractivity contribution is 6.31. The molecule has 0 radical (unpaired) electrons. The van der Waals surface area contributed by atoms with Gasteiger partial charge in [0.15, 0.2) is 0 Å². The number of aromatic amines is 1. The minimum atomic E-state index is -0.307. The van der Waals surface area contributed by atoms with Crippen molar-refractivity contribution in [2.24, 2.45) is 0 Å². The Hall–Kier alpha value is -3.08. The van der Waals surface area contributed by atoms with Gasteiger partial charge in [0, 0.05) is 44.8 Å². The van der Waals surface area contributed by atoms with E-state index in [-0.39, 0.29) is 5.82 Å². The van der Waals surface area contributed by atoms with Gasteiger partial charge in [-0.1, -0.05) is 53.5 Å². The molecule has 0 aliphatic heterocycles. The number of hydrogen-bond acceptors (Lipinski definition) is 1. The van der Waals surface area contributed by atoms with Crippen molar-refractivity contribution in [3.05, 3.63) is 101 Å². The maximum absolute atomic E-state index is 14.7. The van der Waals surface area contributed by atoms with Crippen LogP contribution in [0.4, 0.5) is 4.39 Å². The van der Waals surface area contributed by atoms with Gasteiger partial charge in [-0.15, -0.1) is 0 Å². The first-order valence-electron chi connectivity index (χ1n) is 9.41. The van der Waals surface area contributed by atoms with Crippen LogP contribution in [0, 0.1) is 5.82 Å². The maximum atomic E-state index is 14.7. The van der Waals surface area contributed by atoms with Gasteiger partial charge >= 0.3 is 0 Å². The van der Waals surface area contributed by atoms with E-state index >= 15 is 0 Å². The molecular weight excluding hydrogens is 420 g/mol. The Bertz CT molecular complexity index is 1350. The standard InChI is InChI=1S/C24H16Cl2FN3/c25-16-7-5-15(6-8-16)13-30-14-29-23(19-3-1-2-4-21(19)27)24(30)20-12-28-22-11-17(26)9-10-18(20)22/h1-12,14,28H,13H2. The first kappa shape index (κ1) is 18.9. The van der Waals surface area contributed by atoms with Gasteiger partial charge in [0.25, 0.3) is 0 Å². The Kier molecular flexibility index (Phi) is 4.81. The molecule has 2 heterocycles. The van der Waals surface area contributed by atoms with Crippen molar-refractivity contribution in [3.8, 4) is 22.5 Å². The van der Waals surface area contributed by atoms with E-state index in [9.17, 15) is 4.39 Å². The summed E-state index contributed by atoms with van der Waals surface area (Å²) in [4.78, 5) is 7.87. The van der Waals surface area contributed by atoms with E-state index < -0.39 is 0 Å². The summed E-state index contributed by atoms with van der Waals surface area (Å²) in [5.74, 6) is -0.307. The van der Waals surface area contributed by atoms with Gasteiger partial charge in [-0.25, -0.2) is 9.37 Å². The molecule has 1 N–H and O–H groups in total. The molecule has 0 atom stereocenters. The van der Waals surface area contributed by atoms with Gasteiger partial charge in [-0.3, -0.25) is 0 Å². The maximum Gasteiger partial charge on any atom is 0.132 e. The highest BCUT2D eigenvalue weighted by Gasteiger charge is 2.20. The lowest BCUT2D eigenvalue weighted by atomic mass is 10.0. The Balaban J connectivity index is 1.72. The second-order valence-corrected chi connectivity index (χ2v) is 7.94. The summed E-state index contributed by atoms with van der Waals surface area (Å²) in [7, 11) is 0. The van der Waals surface area contributed by atoms with E-state index in [0.717, 1.165) is 27.7 Å². The topological polar surface area (TPSA) is 33.6 Å². The van der Waals surface area contributed by atoms with Crippen LogP contribution in [0.1, 0.15) is 5.56 Å². The molecule has 0 aliphatic rings. The van der Waals surface area contributed by atoms with Crippen LogP contribution in [-0.4, -0.2) is 14.5 Å². The average molecular weight is 436 g/mol. The van der Waals surface area contributed by atoms with Crippen molar-refractivity contribution in [2.75, 3.05) is 0 Å². The molecule has 0 fully saturated rings. The van der Waals surface area contributed by atoms with Crippen LogP contribution in [0.2, 0.25) is 10.0 Å². The predicted octanol–water partition coefficient (Wildman–Crippen LogP) is 7.19. The van der Waals surface area contributed by atoms with Crippen molar-refractivity contribution in [1.82, 2.24) is 14.5 Å². The van der Waals surface area contributed by atoms with E-state index in [2.05, 4.69) is 9.97 Å². The molecule has 6 heteroatoms. The molecule has 0 bridgehead atoms. The molecule has 2 aromatic heterocycles. The molecule has 3 nitrogen and oxygen atoms in total. The lowest BCUT2D eigenvalue weighted by Gasteiger charge is -2.11. The van der Waals surface area contributed by atoms with Crippen LogP contribution in [0.5, 0.6) is 0 Å². The highest BCUT2D eigenvalue weighted by atomic mass is 35.5. The number of fused-ring (bicyclic) bond motifs is 1. The minimum Gasteiger partial charge on any atom is -0.360 e. The Morgan fingerprint density at radius 2 is 1.67 bits per heavy atom. The minimum absolute atomic E-state index is 0.307. The molecule has 0 unspecified atom stereocenters. The van der Waals surface area contributed by atoms with Gasteiger partial charge in [-0.05, 0) is 42.0 Å². The normalized spacial score (nSPS) is 11.3. The number of halogens is 3. The summed E-state index contributed by atoms with van der Waals surface area (Å²) in [5, 5.41) is 2.33. The zero-order chi connectivity index (χ0) is 20.7. The largest absolute Gasteiger partial charge is 0.360 e. The van der Waals surface area contributed by atoms with E-state index in [1.807, 2.05) is 59.3 Å². The number of nitrogens with zero attached hydrogens (tertiary/aromatic N) is 2. The molecule has 0 saturated carbocycles. The molecule has 0 amide bonds. The van der Waals surface area contributed by atoms with E-state index in [0.29, 0.717) is 27.8 Å². The number of imidazole rings is 1. The fourth-order valence-corrected chi connectivity index (χ4v) is 4.01. The van der Waals surface area contributed by atoms with Gasteiger partial charge in [0.05, 0.1) is 17.7 Å². The quantitative estimate of drug-likeness (QED) is 0.318. The number of nitrogens with one attached hydrogen (secondary N) is 1. The lowest BCUT2D eigenvalue weighted by Crippen LogP contribution is -2.01. The molecule has 0 saturated heterocycles. The first-order chi connectivity index (χ1) is 14.6. The van der Waals surface area contributed by atoms with Crippen LogP contribution in [0.3, 0.4) is 0 Å². The summed E-state index contributed by atoms with van der Waals surface area (Å²) in [6.45, 7) is 0.578. The zero-order valence-corrected chi connectivity index (χ0v) is 17.3. The van der Waals surface area contributed by atoms with Crippen molar-refractivity contribution < 1.29 is 4.39 Å². The Morgan fingerprint density at radius 3 is 2.47 bits per heavy atom. The third-order valence-corrected chi connectivity index (χ3v) is 5.62. The van der Waals surface area contributed by atoms with Gasteiger partial charge in [0.2, 0.25) is 0 Å². The summed E-state index contributed by atoms with van der Waals surface area (Å²) < 4.78 is 16.7. The van der Waals surface area contributed by atoms with E-state index in [1.165, 1.54) is 6.07 Å². The average Bonchev–Trinajstić information content (AvgIpc) is 3.33. The second kappa shape index (κ2) is 7.63. The highest BCUT2D eigenvalue weighted by Crippen LogP contribution is 2.37. The fourth-order valence-electron chi connectivity index (χ4n) is 3.72. The summed E-state index contributed by atoms with van der Waals surface area (Å²) in [6, 6.07) is 20.1. The number of rotatable bonds is 4. The number of hydrogen-bond donors (Lipinski definition) is 1. The number of aromatic nitrogens is 3. The zero-order valence-electron chi connectivity index (χ0n) is 15.7. The van der Waals surface area contributed by atoms with Crippen molar-refractivity contribution >= 4 is 34.1 Å². The molecule has 0 aliphatic carbocycles. The summed E-state index contributed by atoms with van der Waals surface area (Å²) in [6.07, 6.45) is 3.67. The molecular formula is C24H16Cl2FN3. The van der Waals surface area contributed by atoms with Crippen LogP contribution >= 0.6 is 23.2 Å². The van der Waals surface area contributed by atoms with Gasteiger partial charge in [0.1, 0.15) is 5.82 Å². The third kappa shape index (κ3) is 3.38. The monoisotopic (exact) mass is 435 g/mol. The molecule has 30 heavy (non-hydrogen) atoms. The summed E-state index contributed by atoms with van der Waals surface area (Å²) >= 11 is 12.2. The van der Waals surface area contributed by atoms with Crippen LogP contribution in [0.25, 0.3) is 33.4 Å². The van der Waals surface area contributed by atoms with Crippen molar-refractivity contribution in [2.45, 2.75) is 6.54 Å². The Labute approximate surface area is 182 Å². The SMILES string of the molecule is Fc1ccccc1-c1ncn(Cc2ccc(Cl)cc2)c1-c1c[nH]c2cc(Cl)ccc12. The smallest absolute Gasteiger partial charge is 0.132 e. The van der Waals surface area contributed by atoms with Gasteiger partial charge < -0.3 is 9.55 Å². The van der Waals surface area contributed by atoms with Crippen molar-refractivity contribution in [1.29, 1.82) is 0 Å². The number of benzene rings is 3. The van der Waals surface area contributed by atoms with Crippen LogP contribution in [-0.2, 0) is 6.54 Å². The molecule has 5 rings (SSSR count). The molecule has 3 aromatic carbocycles. The van der Waals surface area contributed by atoms with E-state index in [4.69, 9.17) is 23.2 Å². The Morgan fingerprint density at radius 1 is 0.900 bits per heavy atom. The molecule has 148 valence electrons. The molecule has 0 spiro atoms. The lowest BCUT2D eigenvalue weighted by molar-refractivity contribution is 0.631. The van der Waals surface area contributed by atoms with Crippen molar-refractivity contribution in [3.63, 3.8) is 0 Å². The summed E-state index contributed by atoms with van der Waals surface area (Å²) in [5.41, 5.74) is 4.82. The predicted molar refractivity (Wildman–Crippen MR) is 120 cm³/mol. The van der Waals surface area contributed by atoms with Gasteiger partial charge in [-0.2, -0.15) is 0 Å². The van der Waals surface area contributed by atoms with E-state index in [1.54, 1.807) is 18.5 Å². The van der Waals surface area contributed by atoms with Crippen LogP contribution < -0.4 is 0 Å². The second-order valence-electron chi connectivity index (χ2n) is 7.07. The van der Waals surface area contributed by atoms with Crippen LogP contribution in [0.15, 0.2) is 79.3 Å². The first-order valence-corrected chi connectivity index (χ1v) is 10.2. The third-order valence-electron chi connectivity index (χ3n) is 5.13. The number of H-pyrrole nitrogens is 1. The fraction of sp³-hybridized carbons (Fsp3) is 0.0417. The molecule has 5 aromatic rings.